The van der Waals surface area contributed by atoms with E-state index in [1.165, 1.54) is 6.07 Å². The second kappa shape index (κ2) is 5.36. The topological polar surface area (TPSA) is 20.2 Å². The maximum absolute atomic E-state index is 13.8. The van der Waals surface area contributed by atoms with Crippen LogP contribution in [0, 0.1) is 17.7 Å². The fourth-order valence-corrected chi connectivity index (χ4v) is 2.79. The molecule has 0 bridgehead atoms. The molecule has 1 aromatic rings. The first-order chi connectivity index (χ1) is 8.09. The Hall–Kier alpha value is -0.600. The number of aliphatic hydroxyl groups is 1. The van der Waals surface area contributed by atoms with Crippen LogP contribution in [-0.4, -0.2) is 5.11 Å². The van der Waals surface area contributed by atoms with Gasteiger partial charge in [0.2, 0.25) is 0 Å². The molecule has 2 rings (SSSR count). The Kier molecular flexibility index (Phi) is 4.05. The summed E-state index contributed by atoms with van der Waals surface area (Å²) in [6, 6.07) is 4.83. The molecule has 1 unspecified atom stereocenters. The molecule has 94 valence electrons. The minimum absolute atomic E-state index is 0.0886. The number of aliphatic hydroxyl groups excluding tert-OH is 1. The van der Waals surface area contributed by atoms with Crippen LogP contribution in [0.4, 0.5) is 4.39 Å². The average molecular weight is 257 g/mol. The van der Waals surface area contributed by atoms with Gasteiger partial charge in [0.15, 0.2) is 0 Å². The van der Waals surface area contributed by atoms with Crippen LogP contribution in [0.5, 0.6) is 0 Å². The first kappa shape index (κ1) is 12.8. The third kappa shape index (κ3) is 2.80. The monoisotopic (exact) mass is 256 g/mol. The van der Waals surface area contributed by atoms with Crippen LogP contribution < -0.4 is 0 Å². The van der Waals surface area contributed by atoms with E-state index in [1.807, 2.05) is 0 Å². The van der Waals surface area contributed by atoms with Crippen LogP contribution in [0.1, 0.15) is 44.3 Å². The summed E-state index contributed by atoms with van der Waals surface area (Å²) in [5.41, 5.74) is 0.344. The molecule has 1 N–H and O–H groups in total. The predicted octanol–water partition coefficient (Wildman–Crippen LogP) is 4.34. The Morgan fingerprint density at radius 2 is 1.94 bits per heavy atom. The summed E-state index contributed by atoms with van der Waals surface area (Å²) < 4.78 is 13.8. The Labute approximate surface area is 107 Å². The van der Waals surface area contributed by atoms with E-state index in [0.717, 1.165) is 31.6 Å². The fourth-order valence-electron chi connectivity index (χ4n) is 2.60. The molecule has 0 amide bonds. The van der Waals surface area contributed by atoms with Crippen molar-refractivity contribution in [1.82, 2.24) is 0 Å². The second-order valence-electron chi connectivity index (χ2n) is 5.11. The highest BCUT2D eigenvalue weighted by Gasteiger charge is 2.27. The molecule has 0 aromatic heterocycles. The van der Waals surface area contributed by atoms with Crippen molar-refractivity contribution < 1.29 is 9.50 Å². The molecule has 1 aromatic carbocycles. The fraction of sp³-hybridized carbons (Fsp3) is 0.571. The van der Waals surface area contributed by atoms with Crippen molar-refractivity contribution in [2.45, 2.75) is 38.7 Å². The molecule has 0 saturated heterocycles. The molecule has 0 spiro atoms. The molecule has 1 aliphatic rings. The van der Waals surface area contributed by atoms with Crippen LogP contribution in [0.15, 0.2) is 18.2 Å². The minimum atomic E-state index is -0.721. The summed E-state index contributed by atoms with van der Waals surface area (Å²) in [5, 5.41) is 10.3. The Morgan fingerprint density at radius 3 is 2.59 bits per heavy atom. The van der Waals surface area contributed by atoms with Gasteiger partial charge in [-0.05, 0) is 30.7 Å². The maximum atomic E-state index is 13.8. The van der Waals surface area contributed by atoms with Gasteiger partial charge in [-0.15, -0.1) is 0 Å². The Balaban J connectivity index is 2.14. The Morgan fingerprint density at radius 1 is 1.29 bits per heavy atom. The SMILES string of the molecule is CC1CCC(C(O)c2cccc(Cl)c2F)CC1. The van der Waals surface area contributed by atoms with Gasteiger partial charge in [0, 0.05) is 5.56 Å². The number of benzene rings is 1. The molecular weight excluding hydrogens is 239 g/mol. The average Bonchev–Trinajstić information content (AvgIpc) is 2.33. The van der Waals surface area contributed by atoms with Crippen LogP contribution in [0.3, 0.4) is 0 Å². The van der Waals surface area contributed by atoms with Gasteiger partial charge < -0.3 is 5.11 Å². The minimum Gasteiger partial charge on any atom is -0.388 e. The first-order valence-corrected chi connectivity index (χ1v) is 6.59. The summed E-state index contributed by atoms with van der Waals surface area (Å²) in [6.07, 6.45) is 3.44. The van der Waals surface area contributed by atoms with E-state index in [-0.39, 0.29) is 10.9 Å². The van der Waals surface area contributed by atoms with Crippen LogP contribution in [0.2, 0.25) is 5.02 Å². The highest BCUT2D eigenvalue weighted by Crippen LogP contribution is 2.38. The lowest BCUT2D eigenvalue weighted by molar-refractivity contribution is 0.0726. The van der Waals surface area contributed by atoms with E-state index in [4.69, 9.17) is 11.6 Å². The van der Waals surface area contributed by atoms with Crippen LogP contribution in [-0.2, 0) is 0 Å². The molecule has 1 aliphatic carbocycles. The number of rotatable bonds is 2. The van der Waals surface area contributed by atoms with E-state index in [9.17, 15) is 9.50 Å². The first-order valence-electron chi connectivity index (χ1n) is 6.21. The van der Waals surface area contributed by atoms with Gasteiger partial charge in [0.1, 0.15) is 5.82 Å². The quantitative estimate of drug-likeness (QED) is 0.835. The number of hydrogen-bond acceptors (Lipinski definition) is 1. The summed E-state index contributed by atoms with van der Waals surface area (Å²) in [6.45, 7) is 2.22. The molecule has 1 fully saturated rings. The largest absolute Gasteiger partial charge is 0.388 e. The lowest BCUT2D eigenvalue weighted by Gasteiger charge is -2.30. The molecular formula is C14H18ClFO. The molecule has 0 heterocycles. The lowest BCUT2D eigenvalue weighted by atomic mass is 9.78. The maximum Gasteiger partial charge on any atom is 0.147 e. The van der Waals surface area contributed by atoms with Crippen molar-refractivity contribution in [3.8, 4) is 0 Å². The van der Waals surface area contributed by atoms with Gasteiger partial charge in [-0.2, -0.15) is 0 Å². The summed E-state index contributed by atoms with van der Waals surface area (Å²) in [4.78, 5) is 0. The summed E-state index contributed by atoms with van der Waals surface area (Å²) >= 11 is 5.73. The molecule has 1 atom stereocenters. The van der Waals surface area contributed by atoms with Gasteiger partial charge in [-0.25, -0.2) is 4.39 Å². The molecule has 3 heteroatoms. The van der Waals surface area contributed by atoms with Gasteiger partial charge in [-0.3, -0.25) is 0 Å². The summed E-state index contributed by atoms with van der Waals surface area (Å²) in [5.74, 6) is 0.419. The molecule has 1 saturated carbocycles. The lowest BCUT2D eigenvalue weighted by Crippen LogP contribution is -2.20. The molecule has 1 nitrogen and oxygen atoms in total. The zero-order chi connectivity index (χ0) is 12.4. The number of hydrogen-bond donors (Lipinski definition) is 1. The highest BCUT2D eigenvalue weighted by atomic mass is 35.5. The Bertz CT molecular complexity index is 386. The molecule has 0 aliphatic heterocycles. The van der Waals surface area contributed by atoms with E-state index in [2.05, 4.69) is 6.92 Å². The number of halogens is 2. The van der Waals surface area contributed by atoms with Gasteiger partial charge in [-0.1, -0.05) is 43.5 Å². The van der Waals surface area contributed by atoms with Gasteiger partial charge >= 0.3 is 0 Å². The van der Waals surface area contributed by atoms with E-state index < -0.39 is 11.9 Å². The van der Waals surface area contributed by atoms with Crippen molar-refractivity contribution in [2.24, 2.45) is 11.8 Å². The standard InChI is InChI=1S/C14H18ClFO/c1-9-5-7-10(8-6-9)14(17)11-3-2-4-12(15)13(11)16/h2-4,9-10,14,17H,5-8H2,1H3. The zero-order valence-electron chi connectivity index (χ0n) is 10.00. The second-order valence-corrected chi connectivity index (χ2v) is 5.52. The van der Waals surface area contributed by atoms with Gasteiger partial charge in [0.05, 0.1) is 11.1 Å². The third-order valence-corrected chi connectivity index (χ3v) is 4.10. The molecule has 0 radical (unpaired) electrons. The normalized spacial score (nSPS) is 26.8. The predicted molar refractivity (Wildman–Crippen MR) is 67.5 cm³/mol. The van der Waals surface area contributed by atoms with Crippen molar-refractivity contribution in [1.29, 1.82) is 0 Å². The van der Waals surface area contributed by atoms with Crippen LogP contribution >= 0.6 is 11.6 Å². The van der Waals surface area contributed by atoms with Crippen molar-refractivity contribution >= 4 is 11.6 Å². The van der Waals surface area contributed by atoms with Gasteiger partial charge in [0.25, 0.3) is 0 Å². The summed E-state index contributed by atoms with van der Waals surface area (Å²) in [7, 11) is 0. The molecule has 17 heavy (non-hydrogen) atoms. The van der Waals surface area contributed by atoms with Crippen LogP contribution in [0.25, 0.3) is 0 Å². The highest BCUT2D eigenvalue weighted by molar-refractivity contribution is 6.30. The van der Waals surface area contributed by atoms with E-state index in [0.29, 0.717) is 5.56 Å². The van der Waals surface area contributed by atoms with E-state index in [1.54, 1.807) is 12.1 Å². The van der Waals surface area contributed by atoms with E-state index >= 15 is 0 Å². The van der Waals surface area contributed by atoms with Crippen molar-refractivity contribution in [3.05, 3.63) is 34.6 Å². The van der Waals surface area contributed by atoms with Crippen molar-refractivity contribution in [2.75, 3.05) is 0 Å². The third-order valence-electron chi connectivity index (χ3n) is 3.81. The van der Waals surface area contributed by atoms with Crippen molar-refractivity contribution in [3.63, 3.8) is 0 Å². The smallest absolute Gasteiger partial charge is 0.147 e. The zero-order valence-corrected chi connectivity index (χ0v) is 10.8.